The van der Waals surface area contributed by atoms with Gasteiger partial charge in [-0.1, -0.05) is 67.5 Å². The molecule has 0 nitrogen and oxygen atoms in total. The average molecular weight is 250 g/mol. The van der Waals surface area contributed by atoms with Crippen molar-refractivity contribution in [2.45, 2.75) is 72.1 Å². The van der Waals surface area contributed by atoms with Gasteiger partial charge in [0, 0.05) is 0 Å². The zero-order valence-electron chi connectivity index (χ0n) is 13.1. The smallest absolute Gasteiger partial charge is 0.130 e. The minimum absolute atomic E-state index is 0.0283. The Hall–Kier alpha value is -0.850. The molecule has 0 fully saturated rings. The van der Waals surface area contributed by atoms with Crippen LogP contribution in [0.15, 0.2) is 12.1 Å². The van der Waals surface area contributed by atoms with E-state index in [1.807, 2.05) is 12.1 Å². The van der Waals surface area contributed by atoms with Crippen molar-refractivity contribution >= 4 is 0 Å². The van der Waals surface area contributed by atoms with Crippen molar-refractivity contribution in [1.29, 1.82) is 0 Å². The molecule has 1 heteroatoms. The van der Waals surface area contributed by atoms with Crippen LogP contribution in [0.2, 0.25) is 0 Å². The lowest BCUT2D eigenvalue weighted by molar-refractivity contribution is 0.479. The Morgan fingerprint density at radius 2 is 1.17 bits per heavy atom. The van der Waals surface area contributed by atoms with Crippen molar-refractivity contribution in [3.63, 3.8) is 0 Å². The van der Waals surface area contributed by atoms with Gasteiger partial charge < -0.3 is 0 Å². The van der Waals surface area contributed by atoms with E-state index >= 15 is 0 Å². The molecule has 0 saturated heterocycles. The van der Waals surface area contributed by atoms with Gasteiger partial charge in [0.2, 0.25) is 0 Å². The number of halogens is 1. The van der Waals surface area contributed by atoms with Crippen molar-refractivity contribution in [2.75, 3.05) is 0 Å². The zero-order chi connectivity index (χ0) is 14.3. The highest BCUT2D eigenvalue weighted by Gasteiger charge is 2.27. The molecule has 0 bridgehead atoms. The zero-order valence-corrected chi connectivity index (χ0v) is 13.1. The molecule has 18 heavy (non-hydrogen) atoms. The third-order valence-electron chi connectivity index (χ3n) is 3.38. The third-order valence-corrected chi connectivity index (χ3v) is 3.38. The van der Waals surface area contributed by atoms with Gasteiger partial charge in [-0.3, -0.25) is 0 Å². The van der Waals surface area contributed by atoms with Crippen LogP contribution >= 0.6 is 0 Å². The molecule has 0 radical (unpaired) electrons. The Morgan fingerprint density at radius 1 is 0.833 bits per heavy atom. The maximum Gasteiger partial charge on any atom is 0.130 e. The molecule has 1 aromatic carbocycles. The predicted molar refractivity (Wildman–Crippen MR) is 77.9 cm³/mol. The molecule has 1 aromatic rings. The largest absolute Gasteiger partial charge is 0.206 e. The van der Waals surface area contributed by atoms with E-state index in [2.05, 4.69) is 55.4 Å². The van der Waals surface area contributed by atoms with E-state index in [9.17, 15) is 4.39 Å². The minimum Gasteiger partial charge on any atom is -0.206 e. The standard InChI is InChI=1S/C17H27F/c1-11(2)12-9-13(16(3,4)5)15(18)14(10-12)17(6,7)8/h9-11H,1-8H3. The van der Waals surface area contributed by atoms with Gasteiger partial charge in [-0.15, -0.1) is 0 Å². The molecule has 0 aliphatic rings. The quantitative estimate of drug-likeness (QED) is 0.613. The number of hydrogen-bond acceptors (Lipinski definition) is 0. The molecule has 0 aliphatic carbocycles. The van der Waals surface area contributed by atoms with E-state index in [1.165, 1.54) is 5.56 Å². The van der Waals surface area contributed by atoms with Crippen molar-refractivity contribution in [3.05, 3.63) is 34.6 Å². The van der Waals surface area contributed by atoms with Crippen LogP contribution in [-0.4, -0.2) is 0 Å². The highest BCUT2D eigenvalue weighted by atomic mass is 19.1. The normalized spacial score (nSPS) is 13.2. The molecular weight excluding hydrogens is 223 g/mol. The predicted octanol–water partition coefficient (Wildman–Crippen LogP) is 5.54. The summed E-state index contributed by atoms with van der Waals surface area (Å²) in [6.45, 7) is 16.7. The second-order valence-corrected chi connectivity index (χ2v) is 7.58. The van der Waals surface area contributed by atoms with Crippen molar-refractivity contribution in [1.82, 2.24) is 0 Å². The van der Waals surface area contributed by atoms with Crippen molar-refractivity contribution in [3.8, 4) is 0 Å². The molecule has 0 aliphatic heterocycles. The van der Waals surface area contributed by atoms with Crippen LogP contribution in [0.5, 0.6) is 0 Å². The second-order valence-electron chi connectivity index (χ2n) is 7.58. The summed E-state index contributed by atoms with van der Waals surface area (Å²) in [4.78, 5) is 0. The fourth-order valence-electron chi connectivity index (χ4n) is 2.07. The highest BCUT2D eigenvalue weighted by Crippen LogP contribution is 2.35. The lowest BCUT2D eigenvalue weighted by Gasteiger charge is -2.28. The molecule has 0 spiro atoms. The van der Waals surface area contributed by atoms with Gasteiger partial charge in [-0.2, -0.15) is 0 Å². The average Bonchev–Trinajstić information content (AvgIpc) is 2.13. The number of rotatable bonds is 1. The van der Waals surface area contributed by atoms with Gasteiger partial charge in [0.15, 0.2) is 0 Å². The first-order valence-electron chi connectivity index (χ1n) is 6.79. The van der Waals surface area contributed by atoms with Crippen molar-refractivity contribution < 1.29 is 4.39 Å². The summed E-state index contributed by atoms with van der Waals surface area (Å²) < 4.78 is 14.7. The Kier molecular flexibility index (Phi) is 3.95. The first kappa shape index (κ1) is 15.2. The molecule has 0 amide bonds. The Bertz CT molecular complexity index is 393. The fraction of sp³-hybridized carbons (Fsp3) is 0.647. The van der Waals surface area contributed by atoms with Crippen LogP contribution in [-0.2, 0) is 10.8 Å². The van der Waals surface area contributed by atoms with Crippen LogP contribution in [0.25, 0.3) is 0 Å². The summed E-state index contributed by atoms with van der Waals surface area (Å²) in [6.07, 6.45) is 0. The molecule has 1 rings (SSSR count). The first-order chi connectivity index (χ1) is 7.94. The minimum atomic E-state index is -0.158. The molecule has 0 atom stereocenters. The topological polar surface area (TPSA) is 0 Å². The van der Waals surface area contributed by atoms with Gasteiger partial charge in [0.05, 0.1) is 0 Å². The fourth-order valence-corrected chi connectivity index (χ4v) is 2.07. The summed E-state index contributed by atoms with van der Waals surface area (Å²) in [5.74, 6) is 0.396. The van der Waals surface area contributed by atoms with Gasteiger partial charge in [0.25, 0.3) is 0 Å². The van der Waals surface area contributed by atoms with Gasteiger partial charge in [-0.05, 0) is 33.4 Å². The van der Waals surface area contributed by atoms with Gasteiger partial charge in [-0.25, -0.2) is 4.39 Å². The molecule has 0 N–H and O–H groups in total. The van der Waals surface area contributed by atoms with E-state index in [0.29, 0.717) is 5.92 Å². The van der Waals surface area contributed by atoms with E-state index < -0.39 is 0 Å². The van der Waals surface area contributed by atoms with E-state index in [4.69, 9.17) is 0 Å². The van der Waals surface area contributed by atoms with E-state index in [1.54, 1.807) is 0 Å². The monoisotopic (exact) mass is 250 g/mol. The Labute approximate surface area is 112 Å². The van der Waals surface area contributed by atoms with Crippen LogP contribution < -0.4 is 0 Å². The van der Waals surface area contributed by atoms with E-state index in [-0.39, 0.29) is 16.6 Å². The molecule has 0 heterocycles. The number of benzene rings is 1. The lowest BCUT2D eigenvalue weighted by atomic mass is 9.78. The van der Waals surface area contributed by atoms with Crippen LogP contribution in [0, 0.1) is 5.82 Å². The van der Waals surface area contributed by atoms with Crippen LogP contribution in [0.1, 0.15) is 78.0 Å². The molecule has 0 unspecified atom stereocenters. The van der Waals surface area contributed by atoms with Crippen molar-refractivity contribution in [2.24, 2.45) is 0 Å². The summed E-state index contributed by atoms with van der Waals surface area (Å²) in [6, 6.07) is 4.07. The van der Waals surface area contributed by atoms with Crippen LogP contribution in [0.3, 0.4) is 0 Å². The van der Waals surface area contributed by atoms with Gasteiger partial charge >= 0.3 is 0 Å². The first-order valence-corrected chi connectivity index (χ1v) is 6.79. The third kappa shape index (κ3) is 3.13. The molecule has 0 saturated carbocycles. The molecule has 0 aromatic heterocycles. The number of hydrogen-bond donors (Lipinski definition) is 0. The summed E-state index contributed by atoms with van der Waals surface area (Å²) >= 11 is 0. The van der Waals surface area contributed by atoms with Crippen LogP contribution in [0.4, 0.5) is 4.39 Å². The maximum absolute atomic E-state index is 14.7. The SMILES string of the molecule is CC(C)c1cc(C(C)(C)C)c(F)c(C(C)(C)C)c1. The Balaban J connectivity index is 3.59. The second kappa shape index (κ2) is 4.68. The lowest BCUT2D eigenvalue weighted by Crippen LogP contribution is -2.21. The highest BCUT2D eigenvalue weighted by molar-refractivity contribution is 5.40. The maximum atomic E-state index is 14.7. The molecular formula is C17H27F. The summed E-state index contributed by atoms with van der Waals surface area (Å²) in [7, 11) is 0. The summed E-state index contributed by atoms with van der Waals surface area (Å²) in [5.41, 5.74) is 2.58. The summed E-state index contributed by atoms with van der Waals surface area (Å²) in [5, 5.41) is 0. The van der Waals surface area contributed by atoms with E-state index in [0.717, 1.165) is 11.1 Å². The van der Waals surface area contributed by atoms with Gasteiger partial charge in [0.1, 0.15) is 5.82 Å². The Morgan fingerprint density at radius 3 is 1.39 bits per heavy atom. The molecule has 102 valence electrons.